The number of hydrogen-bond donors (Lipinski definition) is 1. The van der Waals surface area contributed by atoms with Gasteiger partial charge in [-0.2, -0.15) is 0 Å². The van der Waals surface area contributed by atoms with Crippen LogP contribution in [0.15, 0.2) is 0 Å². The van der Waals surface area contributed by atoms with E-state index in [0.717, 1.165) is 19.5 Å². The van der Waals surface area contributed by atoms with Crippen LogP contribution < -0.4 is 5.32 Å². The Morgan fingerprint density at radius 1 is 1.45 bits per heavy atom. The molecule has 0 heterocycles. The van der Waals surface area contributed by atoms with E-state index >= 15 is 0 Å². The molecule has 0 saturated heterocycles. The molecule has 11 heavy (non-hydrogen) atoms. The first-order valence-electron chi connectivity index (χ1n) is 4.45. The van der Waals surface area contributed by atoms with Crippen molar-refractivity contribution < 1.29 is 4.79 Å². The van der Waals surface area contributed by atoms with Gasteiger partial charge in [0, 0.05) is 18.9 Å². The average Bonchev–Trinajstić information content (AvgIpc) is 2.03. The van der Waals surface area contributed by atoms with Crippen molar-refractivity contribution in [3.63, 3.8) is 0 Å². The van der Waals surface area contributed by atoms with Crippen LogP contribution >= 0.6 is 0 Å². The topological polar surface area (TPSA) is 29.1 Å². The Bertz CT molecular complexity index is 112. The van der Waals surface area contributed by atoms with Crippen molar-refractivity contribution in [1.29, 1.82) is 0 Å². The summed E-state index contributed by atoms with van der Waals surface area (Å²) in [6, 6.07) is 0. The summed E-state index contributed by atoms with van der Waals surface area (Å²) < 4.78 is 0. The van der Waals surface area contributed by atoms with Crippen LogP contribution in [-0.2, 0) is 4.79 Å². The van der Waals surface area contributed by atoms with Crippen LogP contribution in [0.25, 0.3) is 0 Å². The molecule has 0 radical (unpaired) electrons. The van der Waals surface area contributed by atoms with Gasteiger partial charge in [-0.3, -0.25) is 4.79 Å². The Balaban J connectivity index is 3.36. The third-order valence-corrected chi connectivity index (χ3v) is 1.96. The molecule has 1 atom stereocenters. The van der Waals surface area contributed by atoms with Crippen molar-refractivity contribution in [1.82, 2.24) is 5.32 Å². The quantitative estimate of drug-likeness (QED) is 0.593. The largest absolute Gasteiger partial charge is 0.317 e. The van der Waals surface area contributed by atoms with E-state index in [1.165, 1.54) is 0 Å². The highest BCUT2D eigenvalue weighted by molar-refractivity contribution is 5.80. The lowest BCUT2D eigenvalue weighted by Crippen LogP contribution is -2.20. The van der Waals surface area contributed by atoms with Crippen LogP contribution in [0, 0.1) is 5.92 Å². The molecule has 66 valence electrons. The molecule has 1 N–H and O–H groups in total. The molecule has 0 fully saturated rings. The summed E-state index contributed by atoms with van der Waals surface area (Å²) >= 11 is 0. The van der Waals surface area contributed by atoms with Gasteiger partial charge in [-0.1, -0.05) is 20.8 Å². The first-order chi connectivity index (χ1) is 5.22. The van der Waals surface area contributed by atoms with Crippen LogP contribution in [0.1, 0.15) is 33.6 Å². The van der Waals surface area contributed by atoms with E-state index in [9.17, 15) is 4.79 Å². The van der Waals surface area contributed by atoms with Gasteiger partial charge in [-0.15, -0.1) is 0 Å². The smallest absolute Gasteiger partial charge is 0.136 e. The summed E-state index contributed by atoms with van der Waals surface area (Å²) in [7, 11) is 0. The fraction of sp³-hybridized carbons (Fsp3) is 0.889. The maximum Gasteiger partial charge on any atom is 0.136 e. The summed E-state index contributed by atoms with van der Waals surface area (Å²) in [4.78, 5) is 11.2. The molecular weight excluding hydrogens is 138 g/mol. The van der Waals surface area contributed by atoms with Crippen LogP contribution in [0.5, 0.6) is 0 Å². The number of nitrogens with one attached hydrogen (secondary N) is 1. The molecule has 0 aromatic heterocycles. The van der Waals surface area contributed by atoms with E-state index in [0.29, 0.717) is 12.2 Å². The van der Waals surface area contributed by atoms with Gasteiger partial charge in [0.15, 0.2) is 0 Å². The molecule has 0 aliphatic heterocycles. The molecule has 0 aliphatic carbocycles. The molecular formula is C9H19NO. The van der Waals surface area contributed by atoms with Crippen LogP contribution in [0.4, 0.5) is 0 Å². The van der Waals surface area contributed by atoms with Crippen molar-refractivity contribution in [3.8, 4) is 0 Å². The van der Waals surface area contributed by atoms with E-state index in [-0.39, 0.29) is 5.92 Å². The van der Waals surface area contributed by atoms with Crippen molar-refractivity contribution in [2.75, 3.05) is 13.1 Å². The van der Waals surface area contributed by atoms with E-state index in [4.69, 9.17) is 0 Å². The Hall–Kier alpha value is -0.370. The van der Waals surface area contributed by atoms with Gasteiger partial charge in [-0.05, 0) is 13.0 Å². The van der Waals surface area contributed by atoms with Crippen molar-refractivity contribution >= 4 is 5.78 Å². The van der Waals surface area contributed by atoms with E-state index in [2.05, 4.69) is 12.2 Å². The van der Waals surface area contributed by atoms with Gasteiger partial charge in [0.05, 0.1) is 0 Å². The second-order valence-corrected chi connectivity index (χ2v) is 2.88. The predicted molar refractivity (Wildman–Crippen MR) is 47.6 cm³/mol. The molecule has 0 aromatic carbocycles. The highest BCUT2D eigenvalue weighted by Crippen LogP contribution is 2.03. The molecule has 0 bridgehead atoms. The zero-order valence-electron chi connectivity index (χ0n) is 7.81. The van der Waals surface area contributed by atoms with E-state index in [1.54, 1.807) is 0 Å². The molecule has 0 spiro atoms. The predicted octanol–water partition coefficient (Wildman–Crippen LogP) is 1.60. The minimum Gasteiger partial charge on any atom is -0.317 e. The maximum absolute atomic E-state index is 11.2. The Labute approximate surface area is 69.4 Å². The van der Waals surface area contributed by atoms with E-state index < -0.39 is 0 Å². The second kappa shape index (κ2) is 6.35. The lowest BCUT2D eigenvalue weighted by molar-refractivity contribution is -0.122. The number of carbonyl (C=O) groups excluding carboxylic acids is 1. The van der Waals surface area contributed by atoms with Crippen LogP contribution in [-0.4, -0.2) is 18.9 Å². The maximum atomic E-state index is 11.2. The van der Waals surface area contributed by atoms with Crippen molar-refractivity contribution in [2.24, 2.45) is 5.92 Å². The van der Waals surface area contributed by atoms with E-state index in [1.807, 2.05) is 13.8 Å². The van der Waals surface area contributed by atoms with Gasteiger partial charge in [0.2, 0.25) is 0 Å². The Morgan fingerprint density at radius 2 is 2.09 bits per heavy atom. The highest BCUT2D eigenvalue weighted by Gasteiger charge is 2.08. The molecule has 2 heteroatoms. The first kappa shape index (κ1) is 10.6. The number of carbonyl (C=O) groups is 1. The number of ketones is 1. The minimum absolute atomic E-state index is 0.244. The third-order valence-electron chi connectivity index (χ3n) is 1.96. The molecule has 2 nitrogen and oxygen atoms in total. The Morgan fingerprint density at radius 3 is 2.55 bits per heavy atom. The van der Waals surface area contributed by atoms with Crippen molar-refractivity contribution in [2.45, 2.75) is 33.6 Å². The summed E-state index contributed by atoms with van der Waals surface area (Å²) in [6.07, 6.45) is 1.65. The summed E-state index contributed by atoms with van der Waals surface area (Å²) in [5, 5.41) is 3.14. The van der Waals surface area contributed by atoms with Crippen LogP contribution in [0.3, 0.4) is 0 Å². The summed E-state index contributed by atoms with van der Waals surface area (Å²) in [5.74, 6) is 0.627. The fourth-order valence-corrected chi connectivity index (χ4v) is 0.862. The lowest BCUT2D eigenvalue weighted by atomic mass is 10.0. The third kappa shape index (κ3) is 4.96. The zero-order valence-corrected chi connectivity index (χ0v) is 7.81. The van der Waals surface area contributed by atoms with Gasteiger partial charge < -0.3 is 5.32 Å². The molecule has 0 aliphatic rings. The van der Waals surface area contributed by atoms with Crippen LogP contribution in [0.2, 0.25) is 0 Å². The van der Waals surface area contributed by atoms with Gasteiger partial charge in [-0.25, -0.2) is 0 Å². The first-order valence-corrected chi connectivity index (χ1v) is 4.45. The number of rotatable bonds is 6. The zero-order chi connectivity index (χ0) is 8.69. The molecule has 0 saturated carbocycles. The Kier molecular flexibility index (Phi) is 6.13. The SMILES string of the molecule is CCNCCC(=O)C(C)CC. The number of Topliss-reactive ketones (excluding diaryl/α,β-unsaturated/α-hetero) is 1. The minimum atomic E-state index is 0.244. The molecule has 0 aromatic rings. The molecule has 0 rings (SSSR count). The summed E-state index contributed by atoms with van der Waals surface area (Å²) in [5.41, 5.74) is 0. The normalized spacial score (nSPS) is 13.0. The van der Waals surface area contributed by atoms with Gasteiger partial charge in [0.25, 0.3) is 0 Å². The summed E-state index contributed by atoms with van der Waals surface area (Å²) in [6.45, 7) is 7.88. The van der Waals surface area contributed by atoms with Gasteiger partial charge >= 0.3 is 0 Å². The van der Waals surface area contributed by atoms with Crippen molar-refractivity contribution in [3.05, 3.63) is 0 Å². The highest BCUT2D eigenvalue weighted by atomic mass is 16.1. The average molecular weight is 157 g/mol. The van der Waals surface area contributed by atoms with Gasteiger partial charge in [0.1, 0.15) is 5.78 Å². The second-order valence-electron chi connectivity index (χ2n) is 2.88. The standard InChI is InChI=1S/C9H19NO/c1-4-8(3)9(11)6-7-10-5-2/h8,10H,4-7H2,1-3H3. The fourth-order valence-electron chi connectivity index (χ4n) is 0.862. The molecule has 0 amide bonds. The lowest BCUT2D eigenvalue weighted by Gasteiger charge is -2.06. The number of hydrogen-bond acceptors (Lipinski definition) is 2. The monoisotopic (exact) mass is 157 g/mol. The molecule has 1 unspecified atom stereocenters.